The third kappa shape index (κ3) is 3.62. The molecule has 0 radical (unpaired) electrons. The number of para-hydroxylation sites is 1. The van der Waals surface area contributed by atoms with Crippen molar-refractivity contribution in [3.05, 3.63) is 23.8 Å². The van der Waals surface area contributed by atoms with Gasteiger partial charge in [-0.25, -0.2) is 4.79 Å². The van der Waals surface area contributed by atoms with Crippen LogP contribution in [-0.4, -0.2) is 22.2 Å². The number of carbonyl (C=O) groups is 1. The van der Waals surface area contributed by atoms with Gasteiger partial charge in [-0.3, -0.25) is 0 Å². The normalized spacial score (nSPS) is 10.1. The molecular formula is C11H13ClO4. The number of halogens is 1. The van der Waals surface area contributed by atoms with Gasteiger partial charge in [-0.2, -0.15) is 0 Å². The molecule has 0 fully saturated rings. The maximum atomic E-state index is 10.3. The number of hydrogen-bond acceptors (Lipinski definition) is 3. The number of phenols is 1. The summed E-state index contributed by atoms with van der Waals surface area (Å²) in [7, 11) is 0. The number of benzene rings is 1. The van der Waals surface area contributed by atoms with Gasteiger partial charge in [0.25, 0.3) is 0 Å². The summed E-state index contributed by atoms with van der Waals surface area (Å²) in [6, 6.07) is 4.79. The van der Waals surface area contributed by atoms with E-state index in [1.54, 1.807) is 12.1 Å². The van der Waals surface area contributed by atoms with E-state index in [1.165, 1.54) is 6.07 Å². The molecule has 0 spiro atoms. The summed E-state index contributed by atoms with van der Waals surface area (Å²) in [5, 5.41) is 18.2. The second-order valence-electron chi connectivity index (χ2n) is 3.28. The Bertz CT molecular complexity index is 365. The number of ether oxygens (including phenoxy) is 1. The Balaban J connectivity index is 2.74. The van der Waals surface area contributed by atoms with Crippen LogP contribution >= 0.6 is 11.6 Å². The van der Waals surface area contributed by atoms with Gasteiger partial charge in [0.15, 0.2) is 11.5 Å². The molecule has 5 heteroatoms. The Morgan fingerprint density at radius 1 is 1.38 bits per heavy atom. The molecule has 0 amide bonds. The molecule has 0 bridgehead atoms. The molecule has 4 nitrogen and oxygen atoms in total. The van der Waals surface area contributed by atoms with Gasteiger partial charge in [0, 0.05) is 5.88 Å². The molecule has 0 aliphatic heterocycles. The molecule has 0 saturated carbocycles. The van der Waals surface area contributed by atoms with Crippen LogP contribution in [0.3, 0.4) is 0 Å². The predicted molar refractivity (Wildman–Crippen MR) is 60.4 cm³/mol. The summed E-state index contributed by atoms with van der Waals surface area (Å²) >= 11 is 5.54. The van der Waals surface area contributed by atoms with Crippen molar-refractivity contribution in [2.24, 2.45) is 0 Å². The Kier molecular flexibility index (Phi) is 4.92. The summed E-state index contributed by atoms with van der Waals surface area (Å²) in [5.74, 6) is 0.432. The molecule has 0 saturated heterocycles. The molecule has 0 unspecified atom stereocenters. The van der Waals surface area contributed by atoms with E-state index in [1.807, 2.05) is 0 Å². The Labute approximate surface area is 98.4 Å². The zero-order chi connectivity index (χ0) is 12.0. The molecular weight excluding hydrogens is 232 g/mol. The Morgan fingerprint density at radius 3 is 2.75 bits per heavy atom. The van der Waals surface area contributed by atoms with Crippen LogP contribution in [0, 0.1) is 0 Å². The fraction of sp³-hybridized carbons (Fsp3) is 0.364. The summed E-state index contributed by atoms with van der Waals surface area (Å²) in [5.41, 5.74) is 0.670. The minimum absolute atomic E-state index is 0.0316. The molecule has 0 atom stereocenters. The lowest BCUT2D eigenvalue weighted by Crippen LogP contribution is -2.03. The Morgan fingerprint density at radius 2 is 2.12 bits per heavy atom. The average molecular weight is 245 g/mol. The van der Waals surface area contributed by atoms with Gasteiger partial charge in [-0.05, 0) is 30.9 Å². The fourth-order valence-electron chi connectivity index (χ4n) is 1.36. The number of rotatable bonds is 5. The first-order chi connectivity index (χ1) is 7.65. The van der Waals surface area contributed by atoms with Crippen LogP contribution in [0.15, 0.2) is 18.2 Å². The molecule has 88 valence electrons. The molecule has 0 aromatic heterocycles. The number of carboxylic acid groups (broad SMARTS) is 1. The highest BCUT2D eigenvalue weighted by Gasteiger charge is 2.10. The van der Waals surface area contributed by atoms with E-state index in [0.29, 0.717) is 17.9 Å². The molecule has 0 aliphatic rings. The van der Waals surface area contributed by atoms with E-state index in [0.717, 1.165) is 12.8 Å². The fourth-order valence-corrected chi connectivity index (χ4v) is 1.54. The van der Waals surface area contributed by atoms with Crippen LogP contribution < -0.4 is 4.74 Å². The average Bonchev–Trinajstić information content (AvgIpc) is 2.23. The SMILES string of the molecule is O=C(O)Oc1cccc(CCCCCl)c1O. The van der Waals surface area contributed by atoms with Crippen molar-refractivity contribution >= 4 is 17.8 Å². The monoisotopic (exact) mass is 244 g/mol. The molecule has 1 aromatic carbocycles. The van der Waals surface area contributed by atoms with E-state index in [2.05, 4.69) is 4.74 Å². The van der Waals surface area contributed by atoms with Crippen LogP contribution in [0.4, 0.5) is 4.79 Å². The summed E-state index contributed by atoms with van der Waals surface area (Å²) < 4.78 is 4.43. The summed E-state index contributed by atoms with van der Waals surface area (Å²) in [4.78, 5) is 10.3. The first-order valence-electron chi connectivity index (χ1n) is 4.92. The number of hydrogen-bond donors (Lipinski definition) is 2. The van der Waals surface area contributed by atoms with Gasteiger partial charge in [0.05, 0.1) is 0 Å². The van der Waals surface area contributed by atoms with Gasteiger partial charge < -0.3 is 14.9 Å². The topological polar surface area (TPSA) is 66.8 Å². The molecule has 1 rings (SSSR count). The number of alkyl halides is 1. The van der Waals surface area contributed by atoms with Crippen molar-refractivity contribution in [1.29, 1.82) is 0 Å². The minimum Gasteiger partial charge on any atom is -0.504 e. The number of phenolic OH excluding ortho intramolecular Hbond substituents is 1. The third-order valence-electron chi connectivity index (χ3n) is 2.11. The quantitative estimate of drug-likeness (QED) is 0.362. The van der Waals surface area contributed by atoms with Crippen molar-refractivity contribution < 1.29 is 19.7 Å². The molecule has 1 aromatic rings. The van der Waals surface area contributed by atoms with Crippen molar-refractivity contribution in [3.8, 4) is 11.5 Å². The smallest absolute Gasteiger partial charge is 0.504 e. The van der Waals surface area contributed by atoms with Gasteiger partial charge in [0.2, 0.25) is 0 Å². The molecule has 16 heavy (non-hydrogen) atoms. The van der Waals surface area contributed by atoms with E-state index in [4.69, 9.17) is 16.7 Å². The van der Waals surface area contributed by atoms with Crippen LogP contribution in [0.2, 0.25) is 0 Å². The second kappa shape index (κ2) is 6.23. The van der Waals surface area contributed by atoms with Crippen LogP contribution in [0.1, 0.15) is 18.4 Å². The van der Waals surface area contributed by atoms with Crippen LogP contribution in [-0.2, 0) is 6.42 Å². The Hall–Kier alpha value is -1.42. The lowest BCUT2D eigenvalue weighted by atomic mass is 10.1. The van der Waals surface area contributed by atoms with Crippen LogP contribution in [0.5, 0.6) is 11.5 Å². The largest absolute Gasteiger partial charge is 0.511 e. The highest BCUT2D eigenvalue weighted by atomic mass is 35.5. The lowest BCUT2D eigenvalue weighted by molar-refractivity contribution is 0.143. The number of aromatic hydroxyl groups is 1. The van der Waals surface area contributed by atoms with Crippen molar-refractivity contribution in [2.45, 2.75) is 19.3 Å². The maximum Gasteiger partial charge on any atom is 0.511 e. The predicted octanol–water partition coefficient (Wildman–Crippen LogP) is 3.01. The first-order valence-corrected chi connectivity index (χ1v) is 5.46. The first kappa shape index (κ1) is 12.6. The van der Waals surface area contributed by atoms with Gasteiger partial charge >= 0.3 is 6.16 Å². The van der Waals surface area contributed by atoms with E-state index in [-0.39, 0.29) is 11.5 Å². The number of unbranched alkanes of at least 4 members (excludes halogenated alkanes) is 1. The lowest BCUT2D eigenvalue weighted by Gasteiger charge is -2.07. The maximum absolute atomic E-state index is 10.3. The van der Waals surface area contributed by atoms with Crippen molar-refractivity contribution in [1.82, 2.24) is 0 Å². The zero-order valence-corrected chi connectivity index (χ0v) is 9.41. The molecule has 0 aliphatic carbocycles. The highest BCUT2D eigenvalue weighted by Crippen LogP contribution is 2.30. The highest BCUT2D eigenvalue weighted by molar-refractivity contribution is 6.17. The van der Waals surface area contributed by atoms with Crippen LogP contribution in [0.25, 0.3) is 0 Å². The van der Waals surface area contributed by atoms with Crippen molar-refractivity contribution in [2.75, 3.05) is 5.88 Å². The zero-order valence-electron chi connectivity index (χ0n) is 8.65. The van der Waals surface area contributed by atoms with Crippen molar-refractivity contribution in [3.63, 3.8) is 0 Å². The van der Waals surface area contributed by atoms with Gasteiger partial charge in [-0.15, -0.1) is 11.6 Å². The minimum atomic E-state index is -1.44. The van der Waals surface area contributed by atoms with Gasteiger partial charge in [-0.1, -0.05) is 12.1 Å². The summed E-state index contributed by atoms with van der Waals surface area (Å²) in [6.45, 7) is 0. The number of aryl methyl sites for hydroxylation is 1. The molecule has 2 N–H and O–H groups in total. The van der Waals surface area contributed by atoms with E-state index >= 15 is 0 Å². The standard InChI is InChI=1S/C11H13ClO4/c12-7-2-1-4-8-5-3-6-9(10(8)13)16-11(14)15/h3,5-6,13H,1-2,4,7H2,(H,14,15). The van der Waals surface area contributed by atoms with E-state index < -0.39 is 6.16 Å². The van der Waals surface area contributed by atoms with E-state index in [9.17, 15) is 9.90 Å². The van der Waals surface area contributed by atoms with Gasteiger partial charge in [0.1, 0.15) is 0 Å². The third-order valence-corrected chi connectivity index (χ3v) is 2.38. The second-order valence-corrected chi connectivity index (χ2v) is 3.66. The summed E-state index contributed by atoms with van der Waals surface area (Å²) in [6.07, 6.45) is 0.904. The molecule has 0 heterocycles.